The average Bonchev–Trinajstić information content (AvgIpc) is 2.40. The fourth-order valence-electron chi connectivity index (χ4n) is 1.82. The van der Waals surface area contributed by atoms with Crippen LogP contribution in [-0.2, 0) is 0 Å². The van der Waals surface area contributed by atoms with Gasteiger partial charge in [-0.05, 0) is 23.8 Å². The first kappa shape index (κ1) is 15.6. The second-order valence-electron chi connectivity index (χ2n) is 4.24. The first-order chi connectivity index (χ1) is 9.78. The number of rotatable bonds is 3. The monoisotopic (exact) mass is 319 g/mol. The van der Waals surface area contributed by atoms with E-state index >= 15 is 0 Å². The zero-order chi connectivity index (χ0) is 15.6. The molecule has 0 unspecified atom stereocenters. The predicted molar refractivity (Wildman–Crippen MR) is 70.6 cm³/mol. The number of halogens is 5. The third-order valence-electron chi connectivity index (χ3n) is 2.79. The lowest BCUT2D eigenvalue weighted by Gasteiger charge is -2.15. The lowest BCUT2D eigenvalue weighted by molar-refractivity contribution is -0.274. The van der Waals surface area contributed by atoms with E-state index in [2.05, 4.69) is 4.74 Å². The van der Waals surface area contributed by atoms with E-state index in [1.165, 1.54) is 24.3 Å². The molecule has 1 atom stereocenters. The van der Waals surface area contributed by atoms with Crippen LogP contribution in [0, 0.1) is 5.82 Å². The summed E-state index contributed by atoms with van der Waals surface area (Å²) in [6.07, 6.45) is -4.76. The Labute approximate surface area is 123 Å². The Kier molecular flexibility index (Phi) is 4.39. The van der Waals surface area contributed by atoms with Gasteiger partial charge in [-0.15, -0.1) is 13.2 Å². The summed E-state index contributed by atoms with van der Waals surface area (Å²) in [5, 5.41) is -0.0695. The Bertz CT molecular complexity index is 628. The number of ether oxygens (including phenoxy) is 1. The zero-order valence-corrected chi connectivity index (χ0v) is 11.3. The molecule has 0 amide bonds. The van der Waals surface area contributed by atoms with Crippen LogP contribution in [0.2, 0.25) is 5.02 Å². The molecule has 2 rings (SSSR count). The van der Waals surface area contributed by atoms with Crippen molar-refractivity contribution in [2.24, 2.45) is 5.73 Å². The molecule has 2 aromatic rings. The van der Waals surface area contributed by atoms with Crippen molar-refractivity contribution in [1.29, 1.82) is 0 Å². The molecule has 0 heterocycles. The van der Waals surface area contributed by atoms with Gasteiger partial charge in [-0.3, -0.25) is 0 Å². The number of alkyl halides is 3. The van der Waals surface area contributed by atoms with Gasteiger partial charge < -0.3 is 10.5 Å². The smallest absolute Gasteiger partial charge is 0.406 e. The van der Waals surface area contributed by atoms with E-state index in [9.17, 15) is 17.6 Å². The summed E-state index contributed by atoms with van der Waals surface area (Å²) in [5.74, 6) is -1.02. The third kappa shape index (κ3) is 3.86. The van der Waals surface area contributed by atoms with Crippen LogP contribution >= 0.6 is 11.6 Å². The fourth-order valence-corrected chi connectivity index (χ4v) is 2.00. The third-order valence-corrected chi connectivity index (χ3v) is 3.08. The maximum atomic E-state index is 13.9. The topological polar surface area (TPSA) is 35.2 Å². The molecule has 0 radical (unpaired) electrons. The van der Waals surface area contributed by atoms with Gasteiger partial charge in [0.05, 0.1) is 11.1 Å². The predicted octanol–water partition coefficient (Wildman–Crippen LogP) is 4.43. The van der Waals surface area contributed by atoms with Crippen molar-refractivity contribution >= 4 is 11.6 Å². The van der Waals surface area contributed by atoms with E-state index in [1.54, 1.807) is 6.07 Å². The maximum absolute atomic E-state index is 13.9. The van der Waals surface area contributed by atoms with Crippen molar-refractivity contribution in [3.63, 3.8) is 0 Å². The summed E-state index contributed by atoms with van der Waals surface area (Å²) >= 11 is 5.67. The van der Waals surface area contributed by atoms with Crippen molar-refractivity contribution in [2.75, 3.05) is 0 Å². The lowest BCUT2D eigenvalue weighted by Crippen LogP contribution is -2.17. The number of hydrogen-bond acceptors (Lipinski definition) is 2. The van der Waals surface area contributed by atoms with Crippen LogP contribution in [0.4, 0.5) is 17.6 Å². The minimum atomic E-state index is -4.76. The Morgan fingerprint density at radius 2 is 1.67 bits per heavy atom. The molecule has 0 bridgehead atoms. The molecule has 0 aliphatic carbocycles. The Morgan fingerprint density at radius 1 is 1.05 bits per heavy atom. The fraction of sp³-hybridized carbons (Fsp3) is 0.143. The molecule has 7 heteroatoms. The summed E-state index contributed by atoms with van der Waals surface area (Å²) in [5.41, 5.74) is 6.50. The van der Waals surface area contributed by atoms with Gasteiger partial charge in [-0.2, -0.15) is 0 Å². The van der Waals surface area contributed by atoms with E-state index in [0.717, 1.165) is 12.1 Å². The molecular formula is C14H10ClF4NO. The summed E-state index contributed by atoms with van der Waals surface area (Å²) in [7, 11) is 0. The van der Waals surface area contributed by atoms with Gasteiger partial charge in [0.15, 0.2) is 0 Å². The molecule has 0 spiro atoms. The maximum Gasteiger partial charge on any atom is 0.573 e. The molecule has 0 saturated carbocycles. The van der Waals surface area contributed by atoms with E-state index in [0.29, 0.717) is 5.56 Å². The second-order valence-corrected chi connectivity index (χ2v) is 4.64. The van der Waals surface area contributed by atoms with Gasteiger partial charge in [-0.1, -0.05) is 35.9 Å². The molecule has 0 aliphatic heterocycles. The summed E-state index contributed by atoms with van der Waals surface area (Å²) in [6.45, 7) is 0. The first-order valence-corrected chi connectivity index (χ1v) is 6.21. The van der Waals surface area contributed by atoms with Crippen molar-refractivity contribution in [3.05, 3.63) is 64.4 Å². The minimum absolute atomic E-state index is 0.0695. The van der Waals surface area contributed by atoms with Gasteiger partial charge in [0.2, 0.25) is 0 Å². The summed E-state index contributed by atoms with van der Waals surface area (Å²) in [6, 6.07) is 8.46. The second kappa shape index (κ2) is 5.91. The van der Waals surface area contributed by atoms with E-state index in [4.69, 9.17) is 17.3 Å². The SMILES string of the molecule is N[C@H](c1ccc(OC(F)(F)F)cc1)c1cccc(Cl)c1F. The van der Waals surface area contributed by atoms with Gasteiger partial charge in [-0.25, -0.2) is 4.39 Å². The van der Waals surface area contributed by atoms with Crippen molar-refractivity contribution in [1.82, 2.24) is 0 Å². The summed E-state index contributed by atoms with van der Waals surface area (Å²) < 4.78 is 53.8. The summed E-state index contributed by atoms with van der Waals surface area (Å²) in [4.78, 5) is 0. The minimum Gasteiger partial charge on any atom is -0.406 e. The Balaban J connectivity index is 2.24. The van der Waals surface area contributed by atoms with E-state index in [1.807, 2.05) is 0 Å². The van der Waals surface area contributed by atoms with Gasteiger partial charge >= 0.3 is 6.36 Å². The van der Waals surface area contributed by atoms with Crippen LogP contribution in [0.1, 0.15) is 17.2 Å². The molecule has 0 saturated heterocycles. The van der Waals surface area contributed by atoms with Crippen molar-refractivity contribution in [2.45, 2.75) is 12.4 Å². The van der Waals surface area contributed by atoms with Crippen molar-refractivity contribution in [3.8, 4) is 5.75 Å². The van der Waals surface area contributed by atoms with Gasteiger partial charge in [0.25, 0.3) is 0 Å². The molecular weight excluding hydrogens is 310 g/mol. The van der Waals surface area contributed by atoms with Crippen LogP contribution in [0.3, 0.4) is 0 Å². The van der Waals surface area contributed by atoms with Crippen LogP contribution in [-0.4, -0.2) is 6.36 Å². The largest absolute Gasteiger partial charge is 0.573 e. The highest BCUT2D eigenvalue weighted by atomic mass is 35.5. The number of nitrogens with two attached hydrogens (primary N) is 1. The molecule has 2 N–H and O–H groups in total. The molecule has 2 aromatic carbocycles. The number of benzene rings is 2. The lowest BCUT2D eigenvalue weighted by atomic mass is 9.99. The normalized spacial score (nSPS) is 13.0. The number of hydrogen-bond donors (Lipinski definition) is 1. The van der Waals surface area contributed by atoms with E-state index in [-0.39, 0.29) is 16.3 Å². The highest BCUT2D eigenvalue weighted by molar-refractivity contribution is 6.30. The van der Waals surface area contributed by atoms with Crippen molar-refractivity contribution < 1.29 is 22.3 Å². The highest BCUT2D eigenvalue weighted by Gasteiger charge is 2.31. The molecule has 21 heavy (non-hydrogen) atoms. The zero-order valence-electron chi connectivity index (χ0n) is 10.5. The van der Waals surface area contributed by atoms with Crippen LogP contribution in [0.15, 0.2) is 42.5 Å². The van der Waals surface area contributed by atoms with Gasteiger partial charge in [0.1, 0.15) is 11.6 Å². The molecule has 0 aliphatic rings. The standard InChI is InChI=1S/C14H10ClF4NO/c15-11-3-1-2-10(12(11)16)13(20)8-4-6-9(7-5-8)21-14(17,18)19/h1-7,13H,20H2/t13-/m1/s1. The Morgan fingerprint density at radius 3 is 2.24 bits per heavy atom. The highest BCUT2D eigenvalue weighted by Crippen LogP contribution is 2.28. The average molecular weight is 320 g/mol. The molecule has 0 aromatic heterocycles. The van der Waals surface area contributed by atoms with Crippen LogP contribution in [0.5, 0.6) is 5.75 Å². The molecule has 0 fully saturated rings. The molecule has 2 nitrogen and oxygen atoms in total. The van der Waals surface area contributed by atoms with Gasteiger partial charge in [0, 0.05) is 5.56 Å². The van der Waals surface area contributed by atoms with E-state index < -0.39 is 18.2 Å². The van der Waals surface area contributed by atoms with Crippen LogP contribution in [0.25, 0.3) is 0 Å². The first-order valence-electron chi connectivity index (χ1n) is 5.83. The Hall–Kier alpha value is -1.79. The quantitative estimate of drug-likeness (QED) is 0.850. The van der Waals surface area contributed by atoms with Crippen LogP contribution < -0.4 is 10.5 Å². The molecule has 112 valence electrons.